The maximum Gasteiger partial charge on any atom is 0.306 e. The van der Waals surface area contributed by atoms with E-state index in [0.29, 0.717) is 19.3 Å². The smallest absolute Gasteiger partial charge is 0.306 e. The molecule has 6 nitrogen and oxygen atoms in total. The summed E-state index contributed by atoms with van der Waals surface area (Å²) >= 11 is 0. The number of ether oxygens (including phenoxy) is 3. The summed E-state index contributed by atoms with van der Waals surface area (Å²) in [6.07, 6.45) is 53.0. The Hall–Kier alpha value is -2.11. The fraction of sp³-hybridized carbons (Fsp3) is 0.865. The molecule has 0 heterocycles. The van der Waals surface area contributed by atoms with Gasteiger partial charge in [-0.1, -0.05) is 206 Å². The summed E-state index contributed by atoms with van der Waals surface area (Å²) in [6, 6.07) is 0. The van der Waals surface area contributed by atoms with E-state index >= 15 is 0 Å². The van der Waals surface area contributed by atoms with Crippen molar-refractivity contribution in [1.82, 2.24) is 0 Å². The lowest BCUT2D eigenvalue weighted by molar-refractivity contribution is -0.167. The van der Waals surface area contributed by atoms with Gasteiger partial charge >= 0.3 is 17.9 Å². The van der Waals surface area contributed by atoms with Gasteiger partial charge in [-0.2, -0.15) is 0 Å². The Morgan fingerprint density at radius 3 is 0.879 bits per heavy atom. The van der Waals surface area contributed by atoms with E-state index in [2.05, 4.69) is 45.1 Å². The van der Waals surface area contributed by atoms with Crippen LogP contribution in [0.5, 0.6) is 0 Å². The normalized spacial score (nSPS) is 12.1. The van der Waals surface area contributed by atoms with Gasteiger partial charge in [0.2, 0.25) is 0 Å². The second-order valence-corrected chi connectivity index (χ2v) is 17.1. The minimum absolute atomic E-state index is 0.0737. The number of hydrogen-bond acceptors (Lipinski definition) is 6. The molecule has 0 aromatic rings. The minimum Gasteiger partial charge on any atom is -0.462 e. The molecular weight excluding hydrogens is 721 g/mol. The van der Waals surface area contributed by atoms with E-state index in [1.807, 2.05) is 0 Å². The Bertz CT molecular complexity index is 942. The number of carbonyl (C=O) groups is 3. The Morgan fingerprint density at radius 1 is 0.328 bits per heavy atom. The second-order valence-electron chi connectivity index (χ2n) is 17.1. The van der Waals surface area contributed by atoms with Crippen LogP contribution in [0.25, 0.3) is 0 Å². The molecule has 0 fully saturated rings. The van der Waals surface area contributed by atoms with E-state index in [1.165, 1.54) is 161 Å². The number of rotatable bonds is 46. The standard InChI is InChI=1S/C52H96O6/c1-4-7-10-13-16-19-22-25-26-28-31-34-37-40-43-46-52(55)58-49(47-56-50(53)44-41-38-35-32-29-24-21-18-15-12-9-6-3)48-57-51(54)45-42-39-36-33-30-27-23-20-17-14-11-8-5-2/h20,23,25-26,49H,4-19,21-22,24,27-48H2,1-3H3/t49-/m1/s1. The van der Waals surface area contributed by atoms with E-state index in [9.17, 15) is 14.4 Å². The van der Waals surface area contributed by atoms with Gasteiger partial charge in [-0.25, -0.2) is 0 Å². The fourth-order valence-electron chi connectivity index (χ4n) is 7.31. The van der Waals surface area contributed by atoms with E-state index in [-0.39, 0.29) is 31.1 Å². The lowest BCUT2D eigenvalue weighted by Crippen LogP contribution is -2.30. The molecule has 0 radical (unpaired) electrons. The van der Waals surface area contributed by atoms with Crippen LogP contribution < -0.4 is 0 Å². The highest BCUT2D eigenvalue weighted by Gasteiger charge is 2.19. The van der Waals surface area contributed by atoms with Crippen molar-refractivity contribution in [3.63, 3.8) is 0 Å². The van der Waals surface area contributed by atoms with Crippen LogP contribution in [0.1, 0.15) is 271 Å². The van der Waals surface area contributed by atoms with E-state index in [4.69, 9.17) is 14.2 Å². The van der Waals surface area contributed by atoms with Gasteiger partial charge in [-0.3, -0.25) is 14.4 Å². The number of carbonyl (C=O) groups excluding carboxylic acids is 3. The summed E-state index contributed by atoms with van der Waals surface area (Å²) in [5.74, 6) is -0.881. The Kier molecular flexibility index (Phi) is 45.8. The summed E-state index contributed by atoms with van der Waals surface area (Å²) in [6.45, 7) is 6.62. The summed E-state index contributed by atoms with van der Waals surface area (Å²) in [4.78, 5) is 37.9. The topological polar surface area (TPSA) is 78.9 Å². The molecule has 0 bridgehead atoms. The van der Waals surface area contributed by atoms with Gasteiger partial charge in [0.05, 0.1) is 0 Å². The number of hydrogen-bond donors (Lipinski definition) is 0. The molecule has 0 saturated heterocycles. The monoisotopic (exact) mass is 817 g/mol. The molecule has 0 spiro atoms. The number of esters is 3. The maximum atomic E-state index is 12.8. The molecule has 0 rings (SSSR count). The first-order valence-corrected chi connectivity index (χ1v) is 25.3. The molecule has 0 N–H and O–H groups in total. The molecule has 0 amide bonds. The first kappa shape index (κ1) is 55.9. The number of unbranched alkanes of at least 4 members (excludes halogenated alkanes) is 31. The van der Waals surface area contributed by atoms with Crippen molar-refractivity contribution in [2.45, 2.75) is 277 Å². The Morgan fingerprint density at radius 2 is 0.569 bits per heavy atom. The molecule has 340 valence electrons. The van der Waals surface area contributed by atoms with Crippen molar-refractivity contribution in [2.75, 3.05) is 13.2 Å². The van der Waals surface area contributed by atoms with Gasteiger partial charge < -0.3 is 14.2 Å². The number of allylic oxidation sites excluding steroid dienone is 4. The highest BCUT2D eigenvalue weighted by Crippen LogP contribution is 2.15. The quantitative estimate of drug-likeness (QED) is 0.0263. The van der Waals surface area contributed by atoms with Gasteiger partial charge in [0, 0.05) is 19.3 Å². The third kappa shape index (κ3) is 45.0. The molecule has 0 aliphatic heterocycles. The van der Waals surface area contributed by atoms with Crippen LogP contribution in [0.4, 0.5) is 0 Å². The first-order valence-electron chi connectivity index (χ1n) is 25.3. The van der Waals surface area contributed by atoms with Crippen LogP contribution in [0.15, 0.2) is 24.3 Å². The first-order chi connectivity index (χ1) is 28.5. The van der Waals surface area contributed by atoms with Crippen LogP contribution in [0.2, 0.25) is 0 Å². The van der Waals surface area contributed by atoms with Crippen molar-refractivity contribution in [1.29, 1.82) is 0 Å². The van der Waals surface area contributed by atoms with Gasteiger partial charge in [0.25, 0.3) is 0 Å². The van der Waals surface area contributed by atoms with Gasteiger partial charge in [-0.15, -0.1) is 0 Å². The summed E-state index contributed by atoms with van der Waals surface area (Å²) in [7, 11) is 0. The predicted octanol–water partition coefficient (Wildman–Crippen LogP) is 16.4. The highest BCUT2D eigenvalue weighted by molar-refractivity contribution is 5.71. The van der Waals surface area contributed by atoms with E-state index in [0.717, 1.165) is 70.6 Å². The van der Waals surface area contributed by atoms with Crippen LogP contribution in [0.3, 0.4) is 0 Å². The third-order valence-electron chi connectivity index (χ3n) is 11.2. The molecule has 0 aliphatic rings. The molecule has 6 heteroatoms. The average molecular weight is 817 g/mol. The average Bonchev–Trinajstić information content (AvgIpc) is 3.22. The van der Waals surface area contributed by atoms with Crippen molar-refractivity contribution in [2.24, 2.45) is 0 Å². The van der Waals surface area contributed by atoms with Gasteiger partial charge in [0.1, 0.15) is 13.2 Å². The van der Waals surface area contributed by atoms with Crippen LogP contribution in [-0.4, -0.2) is 37.2 Å². The van der Waals surface area contributed by atoms with Crippen molar-refractivity contribution < 1.29 is 28.6 Å². The van der Waals surface area contributed by atoms with Crippen molar-refractivity contribution in [3.05, 3.63) is 24.3 Å². The van der Waals surface area contributed by atoms with Crippen molar-refractivity contribution in [3.8, 4) is 0 Å². The zero-order chi connectivity index (χ0) is 42.3. The van der Waals surface area contributed by atoms with Crippen LogP contribution >= 0.6 is 0 Å². The molecule has 1 atom stereocenters. The molecule has 0 aromatic heterocycles. The zero-order valence-electron chi connectivity index (χ0n) is 38.8. The molecule has 0 aliphatic carbocycles. The van der Waals surface area contributed by atoms with Crippen LogP contribution in [0, 0.1) is 0 Å². The fourth-order valence-corrected chi connectivity index (χ4v) is 7.31. The summed E-state index contributed by atoms with van der Waals surface area (Å²) in [5.41, 5.74) is 0. The minimum atomic E-state index is -0.773. The Balaban J connectivity index is 4.37. The van der Waals surface area contributed by atoms with Gasteiger partial charge in [0.15, 0.2) is 6.10 Å². The molecule has 0 unspecified atom stereocenters. The van der Waals surface area contributed by atoms with Crippen LogP contribution in [-0.2, 0) is 28.6 Å². The third-order valence-corrected chi connectivity index (χ3v) is 11.2. The van der Waals surface area contributed by atoms with Gasteiger partial charge in [-0.05, 0) is 70.6 Å². The lowest BCUT2D eigenvalue weighted by Gasteiger charge is -2.18. The molecule has 58 heavy (non-hydrogen) atoms. The summed E-state index contributed by atoms with van der Waals surface area (Å²) < 4.78 is 16.8. The SMILES string of the molecule is CCCCCCC=CCCCCCCCC(=O)OC[C@@H](COC(=O)CCCCCCCCCCCCCC)OC(=O)CCCCCCCC=CCCCCCCCC. The predicted molar refractivity (Wildman–Crippen MR) is 247 cm³/mol. The molecule has 0 aromatic carbocycles. The maximum absolute atomic E-state index is 12.8. The highest BCUT2D eigenvalue weighted by atomic mass is 16.6. The van der Waals surface area contributed by atoms with Crippen molar-refractivity contribution >= 4 is 17.9 Å². The zero-order valence-corrected chi connectivity index (χ0v) is 38.8. The largest absolute Gasteiger partial charge is 0.462 e. The van der Waals surface area contributed by atoms with E-state index < -0.39 is 6.10 Å². The Labute approximate surface area is 360 Å². The molecular formula is C52H96O6. The lowest BCUT2D eigenvalue weighted by atomic mass is 10.0. The molecule has 0 saturated carbocycles. The summed E-state index contributed by atoms with van der Waals surface area (Å²) in [5, 5.41) is 0. The second kappa shape index (κ2) is 47.6. The van der Waals surface area contributed by atoms with E-state index in [1.54, 1.807) is 0 Å².